The lowest BCUT2D eigenvalue weighted by atomic mass is 9.94. The lowest BCUT2D eigenvalue weighted by Gasteiger charge is -2.26. The van der Waals surface area contributed by atoms with Crippen LogP contribution < -0.4 is 9.64 Å². The fourth-order valence-electron chi connectivity index (χ4n) is 3.57. The maximum absolute atomic E-state index is 12.6. The Bertz CT molecular complexity index is 1240. The molecule has 4 rings (SSSR count). The molecule has 0 atom stereocenters. The van der Waals surface area contributed by atoms with E-state index in [4.69, 9.17) is 4.74 Å². The van der Waals surface area contributed by atoms with Crippen LogP contribution in [0.25, 0.3) is 28.2 Å². The number of hydrogen-bond acceptors (Lipinski definition) is 4. The van der Waals surface area contributed by atoms with Crippen molar-refractivity contribution in [1.29, 1.82) is 0 Å². The zero-order chi connectivity index (χ0) is 22.2. The van der Waals surface area contributed by atoms with Crippen molar-refractivity contribution in [2.24, 2.45) is 5.41 Å². The first-order chi connectivity index (χ1) is 14.8. The Balaban J connectivity index is 1.70. The fraction of sp³-hybridized carbons (Fsp3) is 0.240. The average Bonchev–Trinajstić information content (AvgIpc) is 3.20. The molecule has 0 bridgehead atoms. The van der Waals surface area contributed by atoms with Gasteiger partial charge < -0.3 is 9.64 Å². The molecular formula is C25H26N4O2. The van der Waals surface area contributed by atoms with Crippen molar-refractivity contribution in [3.8, 4) is 28.3 Å². The first kappa shape index (κ1) is 20.6. The molecule has 0 aliphatic heterocycles. The van der Waals surface area contributed by atoms with E-state index in [1.165, 1.54) is 0 Å². The number of carbonyl (C=O) groups excluding carboxylic acids is 1. The lowest BCUT2D eigenvalue weighted by molar-refractivity contribution is -0.125. The Labute approximate surface area is 182 Å². The number of pyridine rings is 1. The molecule has 0 fully saturated rings. The number of fused-ring (bicyclic) bond motifs is 1. The summed E-state index contributed by atoms with van der Waals surface area (Å²) in [5.41, 5.74) is 4.15. The highest BCUT2D eigenvalue weighted by Gasteiger charge is 2.25. The van der Waals surface area contributed by atoms with Gasteiger partial charge in [-0.25, -0.2) is 0 Å². The number of aromatic nitrogens is 3. The molecule has 158 valence electrons. The quantitative estimate of drug-likeness (QED) is 0.467. The van der Waals surface area contributed by atoms with Crippen LogP contribution in [0.3, 0.4) is 0 Å². The summed E-state index contributed by atoms with van der Waals surface area (Å²) in [5.74, 6) is 1.55. The van der Waals surface area contributed by atoms with Gasteiger partial charge in [0.2, 0.25) is 5.91 Å². The number of benzene rings is 2. The zero-order valence-corrected chi connectivity index (χ0v) is 18.5. The predicted molar refractivity (Wildman–Crippen MR) is 123 cm³/mol. The van der Waals surface area contributed by atoms with Gasteiger partial charge >= 0.3 is 0 Å². The molecule has 0 aliphatic rings. The van der Waals surface area contributed by atoms with Crippen LogP contribution in [0, 0.1) is 5.41 Å². The molecule has 6 heteroatoms. The molecule has 2 aromatic heterocycles. The predicted octanol–water partition coefficient (Wildman–Crippen LogP) is 5.08. The summed E-state index contributed by atoms with van der Waals surface area (Å²) in [7, 11) is 3.46. The number of para-hydroxylation sites is 1. The van der Waals surface area contributed by atoms with Gasteiger partial charge in [-0.3, -0.25) is 9.20 Å². The van der Waals surface area contributed by atoms with Crippen molar-refractivity contribution < 1.29 is 9.53 Å². The topological polar surface area (TPSA) is 59.7 Å². The van der Waals surface area contributed by atoms with Gasteiger partial charge in [0.15, 0.2) is 11.5 Å². The third-order valence-electron chi connectivity index (χ3n) is 5.28. The van der Waals surface area contributed by atoms with Gasteiger partial charge in [0.05, 0.1) is 12.7 Å². The van der Waals surface area contributed by atoms with Crippen molar-refractivity contribution in [2.45, 2.75) is 20.8 Å². The van der Waals surface area contributed by atoms with E-state index in [2.05, 4.69) is 10.2 Å². The standard InChI is InChI=1S/C25H26N4O2/c1-25(2,3)24(30)28(4)19-13-10-17(11-14-19)18-12-15-22-26-27-23(29(22)16-18)20-8-6-7-9-21(20)31-5/h6-16H,1-5H3. The van der Waals surface area contributed by atoms with E-state index in [9.17, 15) is 4.79 Å². The Morgan fingerprint density at radius 1 is 0.935 bits per heavy atom. The van der Waals surface area contributed by atoms with Crippen molar-refractivity contribution in [3.05, 3.63) is 66.9 Å². The highest BCUT2D eigenvalue weighted by molar-refractivity contribution is 5.96. The molecular weight excluding hydrogens is 388 g/mol. The second-order valence-electron chi connectivity index (χ2n) is 8.53. The summed E-state index contributed by atoms with van der Waals surface area (Å²) in [6, 6.07) is 19.7. The largest absolute Gasteiger partial charge is 0.496 e. The smallest absolute Gasteiger partial charge is 0.232 e. The number of nitrogens with zero attached hydrogens (tertiary/aromatic N) is 4. The number of methoxy groups -OCH3 is 1. The number of carbonyl (C=O) groups is 1. The summed E-state index contributed by atoms with van der Waals surface area (Å²) in [4.78, 5) is 14.3. The molecule has 0 unspecified atom stereocenters. The number of amides is 1. The molecule has 4 aromatic rings. The van der Waals surface area contributed by atoms with E-state index >= 15 is 0 Å². The van der Waals surface area contributed by atoms with Crippen LogP contribution in [0.4, 0.5) is 5.69 Å². The van der Waals surface area contributed by atoms with Gasteiger partial charge in [0, 0.05) is 24.3 Å². The minimum Gasteiger partial charge on any atom is -0.496 e. The molecule has 2 heterocycles. The molecule has 6 nitrogen and oxygen atoms in total. The van der Waals surface area contributed by atoms with E-state index in [1.54, 1.807) is 12.0 Å². The van der Waals surface area contributed by atoms with Crippen molar-refractivity contribution in [2.75, 3.05) is 19.1 Å². The number of anilines is 1. The van der Waals surface area contributed by atoms with Crippen LogP contribution in [-0.4, -0.2) is 34.7 Å². The minimum atomic E-state index is -0.429. The SMILES string of the molecule is COc1ccccc1-c1nnc2ccc(-c3ccc(N(C)C(=O)C(C)(C)C)cc3)cn12. The third kappa shape index (κ3) is 3.89. The Hall–Kier alpha value is -3.67. The summed E-state index contributed by atoms with van der Waals surface area (Å²) in [5, 5.41) is 8.68. The molecule has 0 N–H and O–H groups in total. The van der Waals surface area contributed by atoms with E-state index in [-0.39, 0.29) is 5.91 Å². The zero-order valence-electron chi connectivity index (χ0n) is 18.5. The van der Waals surface area contributed by atoms with Crippen LogP contribution >= 0.6 is 0 Å². The van der Waals surface area contributed by atoms with Crippen molar-refractivity contribution >= 4 is 17.2 Å². The Morgan fingerprint density at radius 3 is 2.29 bits per heavy atom. The first-order valence-corrected chi connectivity index (χ1v) is 10.2. The molecule has 0 saturated carbocycles. The van der Waals surface area contributed by atoms with Crippen molar-refractivity contribution in [1.82, 2.24) is 14.6 Å². The number of ether oxygens (including phenoxy) is 1. The highest BCUT2D eigenvalue weighted by Crippen LogP contribution is 2.30. The summed E-state index contributed by atoms with van der Waals surface area (Å²) in [6.07, 6.45) is 2.02. The number of rotatable bonds is 4. The van der Waals surface area contributed by atoms with Gasteiger partial charge in [-0.2, -0.15) is 0 Å². The van der Waals surface area contributed by atoms with E-state index in [0.717, 1.165) is 39.6 Å². The Morgan fingerprint density at radius 2 is 1.61 bits per heavy atom. The van der Waals surface area contributed by atoms with Crippen LogP contribution in [-0.2, 0) is 4.79 Å². The Kier molecular flexibility index (Phi) is 5.23. The van der Waals surface area contributed by atoms with Crippen LogP contribution in [0.1, 0.15) is 20.8 Å². The summed E-state index contributed by atoms with van der Waals surface area (Å²) in [6.45, 7) is 5.77. The minimum absolute atomic E-state index is 0.0765. The molecule has 0 radical (unpaired) electrons. The van der Waals surface area contributed by atoms with Gasteiger partial charge in [-0.15, -0.1) is 10.2 Å². The highest BCUT2D eigenvalue weighted by atomic mass is 16.5. The van der Waals surface area contributed by atoms with Crippen molar-refractivity contribution in [3.63, 3.8) is 0 Å². The molecule has 0 saturated heterocycles. The van der Waals surface area contributed by atoms with E-state index < -0.39 is 5.41 Å². The van der Waals surface area contributed by atoms with Crippen LogP contribution in [0.2, 0.25) is 0 Å². The second-order valence-corrected chi connectivity index (χ2v) is 8.53. The second kappa shape index (κ2) is 7.87. The molecule has 31 heavy (non-hydrogen) atoms. The van der Waals surface area contributed by atoms with Gasteiger partial charge in [0.25, 0.3) is 0 Å². The number of hydrogen-bond donors (Lipinski definition) is 0. The monoisotopic (exact) mass is 414 g/mol. The average molecular weight is 415 g/mol. The van der Waals surface area contributed by atoms with Gasteiger partial charge in [0.1, 0.15) is 5.75 Å². The maximum atomic E-state index is 12.6. The molecule has 0 spiro atoms. The maximum Gasteiger partial charge on any atom is 0.232 e. The lowest BCUT2D eigenvalue weighted by Crippen LogP contribution is -2.36. The summed E-state index contributed by atoms with van der Waals surface area (Å²) < 4.78 is 7.47. The van der Waals surface area contributed by atoms with Crippen LogP contribution in [0.15, 0.2) is 66.9 Å². The van der Waals surface area contributed by atoms with Crippen LogP contribution in [0.5, 0.6) is 5.75 Å². The normalized spacial score (nSPS) is 11.5. The first-order valence-electron chi connectivity index (χ1n) is 10.2. The van der Waals surface area contributed by atoms with Gasteiger partial charge in [-0.05, 0) is 47.5 Å². The van der Waals surface area contributed by atoms with E-state index in [1.807, 2.05) is 99.1 Å². The molecule has 2 aromatic carbocycles. The fourth-order valence-corrected chi connectivity index (χ4v) is 3.57. The third-order valence-corrected chi connectivity index (χ3v) is 5.28. The van der Waals surface area contributed by atoms with Gasteiger partial charge in [-0.1, -0.05) is 45.0 Å². The summed E-state index contributed by atoms with van der Waals surface area (Å²) >= 11 is 0. The van der Waals surface area contributed by atoms with E-state index in [0.29, 0.717) is 0 Å². The molecule has 0 aliphatic carbocycles. The molecule has 1 amide bonds.